The zero-order chi connectivity index (χ0) is 25.3. The topological polar surface area (TPSA) is 179 Å². The second-order valence-electron chi connectivity index (χ2n) is 7.09. The molecule has 0 aliphatic heterocycles. The van der Waals surface area contributed by atoms with E-state index in [1.165, 1.54) is 43.3 Å². The molecule has 178 valence electrons. The fourth-order valence-electron chi connectivity index (χ4n) is 3.17. The lowest BCUT2D eigenvalue weighted by atomic mass is 10.1. The Labute approximate surface area is 194 Å². The zero-order valence-corrected chi connectivity index (χ0v) is 19.4. The van der Waals surface area contributed by atoms with Gasteiger partial charge in [-0.3, -0.25) is 29.7 Å². The van der Waals surface area contributed by atoms with Gasteiger partial charge >= 0.3 is 0 Å². The summed E-state index contributed by atoms with van der Waals surface area (Å²) in [5.41, 5.74) is -0.724. The normalized spacial score (nSPS) is 11.6. The third-order valence-corrected chi connectivity index (χ3v) is 7.67. The summed E-state index contributed by atoms with van der Waals surface area (Å²) >= 11 is 0. The van der Waals surface area contributed by atoms with Gasteiger partial charge in [-0.25, -0.2) is 16.8 Å². The summed E-state index contributed by atoms with van der Waals surface area (Å²) in [6.45, 7) is 2.99. The van der Waals surface area contributed by atoms with E-state index in [4.69, 9.17) is 0 Å². The molecule has 0 unspecified atom stereocenters. The Morgan fingerprint density at radius 2 is 1.12 bits per heavy atom. The summed E-state index contributed by atoms with van der Waals surface area (Å²) in [7, 11) is -8.84. The number of para-hydroxylation sites is 2. The number of hydrogen-bond acceptors (Lipinski definition) is 8. The standard InChI is InChI=1S/C20H18N4O8S2/c1-13-11-12-15(21-33(29,30)18-9-5-3-7-16(18)23(25)26)14(2)20(13)22-34(31,32)19-10-6-4-8-17(19)24(27)28/h3-12,21-22H,1-2H3. The fourth-order valence-corrected chi connectivity index (χ4v) is 5.84. The molecule has 0 radical (unpaired) electrons. The molecule has 0 aliphatic carbocycles. The number of anilines is 2. The third-order valence-electron chi connectivity index (χ3n) is 4.86. The average Bonchev–Trinajstić information content (AvgIpc) is 2.78. The number of nitrogens with zero attached hydrogens (tertiary/aromatic N) is 2. The lowest BCUT2D eigenvalue weighted by Crippen LogP contribution is -2.18. The van der Waals surface area contributed by atoms with Crippen LogP contribution < -0.4 is 9.44 Å². The van der Waals surface area contributed by atoms with E-state index in [0.717, 1.165) is 24.3 Å². The molecular formula is C20H18N4O8S2. The van der Waals surface area contributed by atoms with Crippen molar-refractivity contribution in [2.75, 3.05) is 9.44 Å². The highest BCUT2D eigenvalue weighted by molar-refractivity contribution is 7.93. The molecule has 0 aliphatic rings. The SMILES string of the molecule is Cc1ccc(NS(=O)(=O)c2ccccc2[N+](=O)[O-])c(C)c1NS(=O)(=O)c1ccccc1[N+](=O)[O-]. The van der Waals surface area contributed by atoms with Crippen LogP contribution in [0.4, 0.5) is 22.7 Å². The Kier molecular flexibility index (Phi) is 6.56. The molecule has 0 heterocycles. The highest BCUT2D eigenvalue weighted by Crippen LogP contribution is 2.33. The van der Waals surface area contributed by atoms with Gasteiger partial charge in [-0.2, -0.15) is 0 Å². The van der Waals surface area contributed by atoms with Crippen LogP contribution in [0.5, 0.6) is 0 Å². The first-order chi connectivity index (χ1) is 15.8. The van der Waals surface area contributed by atoms with Crippen LogP contribution in [-0.2, 0) is 20.0 Å². The maximum atomic E-state index is 12.9. The van der Waals surface area contributed by atoms with Gasteiger partial charge in [-0.15, -0.1) is 0 Å². The molecular weight excluding hydrogens is 488 g/mol. The predicted octanol–water partition coefficient (Wildman–Crippen LogP) is 3.72. The van der Waals surface area contributed by atoms with E-state index in [1.54, 1.807) is 6.92 Å². The summed E-state index contributed by atoms with van der Waals surface area (Å²) in [5.74, 6) is 0. The van der Waals surface area contributed by atoms with Gasteiger partial charge in [0.05, 0.1) is 21.2 Å². The first-order valence-corrected chi connectivity index (χ1v) is 12.4. The maximum absolute atomic E-state index is 12.9. The molecule has 0 fully saturated rings. The van der Waals surface area contributed by atoms with Crippen LogP contribution in [0.3, 0.4) is 0 Å². The third kappa shape index (κ3) is 4.82. The smallest absolute Gasteiger partial charge is 0.279 e. The van der Waals surface area contributed by atoms with Crippen LogP contribution in [0.15, 0.2) is 70.5 Å². The number of nitro benzene ring substituents is 2. The Morgan fingerprint density at radius 1 is 0.676 bits per heavy atom. The minimum absolute atomic E-state index is 0.000845. The van der Waals surface area contributed by atoms with Crippen LogP contribution in [-0.4, -0.2) is 26.7 Å². The average molecular weight is 507 g/mol. The van der Waals surface area contributed by atoms with Crippen LogP contribution in [0.1, 0.15) is 11.1 Å². The summed E-state index contributed by atoms with van der Waals surface area (Å²) in [4.78, 5) is 19.7. The van der Waals surface area contributed by atoms with Crippen molar-refractivity contribution in [3.8, 4) is 0 Å². The fraction of sp³-hybridized carbons (Fsp3) is 0.100. The number of nitro groups is 2. The van der Waals surface area contributed by atoms with Crippen molar-refractivity contribution in [1.29, 1.82) is 0 Å². The van der Waals surface area contributed by atoms with Crippen molar-refractivity contribution in [3.05, 3.63) is 92.0 Å². The lowest BCUT2D eigenvalue weighted by molar-refractivity contribution is -0.388. The Hall–Kier alpha value is -4.04. The lowest BCUT2D eigenvalue weighted by Gasteiger charge is -2.17. The van der Waals surface area contributed by atoms with Crippen molar-refractivity contribution >= 4 is 42.8 Å². The van der Waals surface area contributed by atoms with Crippen LogP contribution in [0.2, 0.25) is 0 Å². The molecule has 0 spiro atoms. The van der Waals surface area contributed by atoms with Gasteiger partial charge < -0.3 is 0 Å². The van der Waals surface area contributed by atoms with Gasteiger partial charge in [0.25, 0.3) is 31.4 Å². The summed E-state index contributed by atoms with van der Waals surface area (Å²) in [5, 5.41) is 22.5. The molecule has 0 saturated carbocycles. The van der Waals surface area contributed by atoms with E-state index < -0.39 is 51.1 Å². The second kappa shape index (κ2) is 9.07. The summed E-state index contributed by atoms with van der Waals surface area (Å²) in [6.07, 6.45) is 0. The van der Waals surface area contributed by atoms with E-state index >= 15 is 0 Å². The minimum atomic E-state index is -4.42. The molecule has 3 aromatic carbocycles. The molecule has 34 heavy (non-hydrogen) atoms. The first kappa shape index (κ1) is 24.6. The molecule has 0 saturated heterocycles. The number of aryl methyl sites for hydroxylation is 1. The first-order valence-electron chi connectivity index (χ1n) is 9.48. The number of rotatable bonds is 8. The van der Waals surface area contributed by atoms with Gasteiger partial charge in [0.15, 0.2) is 9.79 Å². The van der Waals surface area contributed by atoms with Gasteiger partial charge in [-0.1, -0.05) is 30.3 Å². The van der Waals surface area contributed by atoms with Crippen LogP contribution >= 0.6 is 0 Å². The van der Waals surface area contributed by atoms with E-state index in [9.17, 15) is 37.1 Å². The van der Waals surface area contributed by atoms with E-state index in [-0.39, 0.29) is 16.9 Å². The van der Waals surface area contributed by atoms with Crippen LogP contribution in [0.25, 0.3) is 0 Å². The zero-order valence-electron chi connectivity index (χ0n) is 17.8. The van der Waals surface area contributed by atoms with Crippen molar-refractivity contribution < 1.29 is 26.7 Å². The summed E-state index contributed by atoms with van der Waals surface area (Å²) < 4.78 is 56.2. The second-order valence-corrected chi connectivity index (χ2v) is 10.4. The molecule has 3 aromatic rings. The van der Waals surface area contributed by atoms with Crippen molar-refractivity contribution in [1.82, 2.24) is 0 Å². The maximum Gasteiger partial charge on any atom is 0.289 e. The summed E-state index contributed by atoms with van der Waals surface area (Å²) in [6, 6.07) is 12.4. The van der Waals surface area contributed by atoms with Gasteiger partial charge in [0.2, 0.25) is 0 Å². The van der Waals surface area contributed by atoms with Crippen molar-refractivity contribution in [2.45, 2.75) is 23.6 Å². The highest BCUT2D eigenvalue weighted by Gasteiger charge is 2.28. The Balaban J connectivity index is 2.04. The van der Waals surface area contributed by atoms with Crippen LogP contribution in [0, 0.1) is 34.1 Å². The molecule has 0 amide bonds. The molecule has 0 atom stereocenters. The van der Waals surface area contributed by atoms with Crippen molar-refractivity contribution in [3.63, 3.8) is 0 Å². The number of hydrogen-bond donors (Lipinski definition) is 2. The molecule has 14 heteroatoms. The highest BCUT2D eigenvalue weighted by atomic mass is 32.2. The van der Waals surface area contributed by atoms with Crippen molar-refractivity contribution in [2.24, 2.45) is 0 Å². The predicted molar refractivity (Wildman–Crippen MR) is 124 cm³/mol. The largest absolute Gasteiger partial charge is 0.289 e. The van der Waals surface area contributed by atoms with E-state index in [1.807, 2.05) is 0 Å². The van der Waals surface area contributed by atoms with Gasteiger partial charge in [0, 0.05) is 12.1 Å². The monoisotopic (exact) mass is 506 g/mol. The molecule has 2 N–H and O–H groups in total. The minimum Gasteiger partial charge on any atom is -0.279 e. The molecule has 3 rings (SSSR count). The van der Waals surface area contributed by atoms with E-state index in [2.05, 4.69) is 9.44 Å². The van der Waals surface area contributed by atoms with Gasteiger partial charge in [0.1, 0.15) is 0 Å². The van der Waals surface area contributed by atoms with E-state index in [0.29, 0.717) is 5.56 Å². The number of nitrogens with one attached hydrogen (secondary N) is 2. The Morgan fingerprint density at radius 3 is 1.59 bits per heavy atom. The molecule has 0 bridgehead atoms. The quantitative estimate of drug-likeness (QED) is 0.343. The van der Waals surface area contributed by atoms with Gasteiger partial charge in [-0.05, 0) is 43.2 Å². The number of benzene rings is 3. The molecule has 0 aromatic heterocycles. The Bertz CT molecular complexity index is 1520. The number of sulfonamides is 2. The molecule has 12 nitrogen and oxygen atoms in total.